The number of benzene rings is 6. The van der Waals surface area contributed by atoms with E-state index >= 15 is 38.4 Å². The fraction of sp³-hybridized carbons (Fsp3) is 0.392. The third-order valence-corrected chi connectivity index (χ3v) is 24.8. The SMILES string of the molecule is N=C(N)NCCC[C@H](NC(=O)C(Cc1cccc2ccccc12)NC(=O)[C@H](CN)NC(=O)CN1CCN(CC(=O)O)CCN(CC(=O)O)CCN(CC(=O)O)CC1)C(=O)N[C@@H](Cc1c[nH]c2ccccc12)C(=O)N[C@@H](CO)C(=O)N[C@@H](Cc1cnc[nH]1)C(=O)N[C@H](CCCNC(=N)N)C(=O)N[C@@H](Cc1c[nH]c2ccccc12)C(=O)N[C@@H](Cc1ccc(C(=O)c2ccccc2)cc1)C(=O)N1CCC[C@H]1C(=O)NNC(N)=O. The molecular weight excluding hydrogens is 1880 g/mol. The number of urea groups is 1. The summed E-state index contributed by atoms with van der Waals surface area (Å²) in [5.74, 6) is -15.2. The van der Waals surface area contributed by atoms with Crippen LogP contribution in [0.5, 0.6) is 0 Å². The molecule has 2 aliphatic rings. The number of nitrogens with two attached hydrogens (primary N) is 4. The van der Waals surface area contributed by atoms with Crippen molar-refractivity contribution < 1.29 is 97.1 Å². The van der Waals surface area contributed by atoms with Crippen molar-refractivity contribution in [2.24, 2.45) is 22.9 Å². The molecule has 2 fully saturated rings. The minimum absolute atomic E-state index is 0.00203. The number of guanidine groups is 2. The van der Waals surface area contributed by atoms with Crippen LogP contribution in [0.15, 0.2) is 171 Å². The number of carbonyl (C=O) groups is 16. The number of nitrogens with zero attached hydrogens (tertiary/aromatic N) is 6. The number of carboxylic acids is 3. The van der Waals surface area contributed by atoms with Crippen molar-refractivity contribution >= 4 is 139 Å². The molecule has 2 aliphatic heterocycles. The summed E-state index contributed by atoms with van der Waals surface area (Å²) in [5, 5.41) is 88.7. The molecule has 48 nitrogen and oxygen atoms in total. The first-order valence-corrected chi connectivity index (χ1v) is 47.3. The number of primary amides is 1. The Hall–Kier alpha value is -16.3. The Bertz CT molecular complexity index is 6030. The lowest BCUT2D eigenvalue weighted by molar-refractivity contribution is -0.142. The highest BCUT2D eigenvalue weighted by Gasteiger charge is 2.42. The largest absolute Gasteiger partial charge is 0.480 e. The number of ketones is 1. The molecule has 10 atom stereocenters. The molecule has 11 rings (SSSR count). The Morgan fingerprint density at radius 3 is 1.30 bits per heavy atom. The van der Waals surface area contributed by atoms with Crippen LogP contribution in [0.1, 0.15) is 82.4 Å². The third-order valence-electron chi connectivity index (χ3n) is 24.8. The van der Waals surface area contributed by atoms with Crippen molar-refractivity contribution in [3.8, 4) is 0 Å². The standard InChI is InChI=1S/C97H124N28O20/c98-47-77(110-80(127)51-121-34-36-122(52-81(128)129)38-40-124(54-83(132)133)41-39-123(37-35-121)53-82(130)131)91(141)115-72(43-61-18-10-17-58-14-4-5-19-65(58)61)87(137)111-70(24-11-31-105-95(99)100)85(135)114-74(45-63-49-108-69-23-9-7-21-67(63)69)89(139)118-78(55-126)92(142)116-75(46-64-50-104-56-109-64)90(140)112-71(25-12-32-106-96(101)102)86(136)113-73(44-62-48-107-68-22-8-6-20-66(62)68)88(138)117-76(94(144)125-33-13-26-79(125)93(143)119-120-97(103)145)42-57-27-29-60(30-28-57)84(134)59-15-2-1-3-16-59/h1-10,14-23,27-30,48-50,56,70-79,107-108,126H,11-13,24-26,31-47,51-55,98H2,(H,104,109)(H,110,127)(H,111,137)(H,112,140)(H,113,136)(H,114,135)(H,115,141)(H,116,142)(H,117,138)(H,118,139)(H,119,143)(H,128,129)(H,130,131)(H,132,133)(H4,99,100,105)(H4,101,102,106)(H3,103,120,145)/t70-,71+,72?,73-,74-,75-,76-,77-,78-,79-/m0/s1. The Balaban J connectivity index is 0.846. The molecule has 1 unspecified atom stereocenters. The number of hydrazine groups is 1. The van der Waals surface area contributed by atoms with E-state index in [2.05, 4.69) is 83.8 Å². The molecule has 0 bridgehead atoms. The second-order valence-electron chi connectivity index (χ2n) is 35.3. The molecule has 0 radical (unpaired) electrons. The number of fused-ring (bicyclic) bond motifs is 3. The van der Waals surface area contributed by atoms with Crippen molar-refractivity contribution in [2.75, 3.05) is 111 Å². The molecule has 3 aromatic heterocycles. The molecule has 9 aromatic rings. The summed E-state index contributed by atoms with van der Waals surface area (Å²) in [6, 6.07) is 24.0. The van der Waals surface area contributed by atoms with E-state index in [0.29, 0.717) is 67.0 Å². The summed E-state index contributed by atoms with van der Waals surface area (Å²) < 4.78 is 0. The molecule has 2 saturated heterocycles. The number of imidazole rings is 1. The van der Waals surface area contributed by atoms with Crippen LogP contribution in [-0.2, 0) is 99.2 Å². The fourth-order valence-corrected chi connectivity index (χ4v) is 17.3. The number of aliphatic carboxylic acids is 3. The summed E-state index contributed by atoms with van der Waals surface area (Å²) in [6.45, 7) is -2.89. The number of aliphatic hydroxyl groups excluding tert-OH is 1. The fourth-order valence-electron chi connectivity index (χ4n) is 17.3. The number of likely N-dealkylation sites (tertiary alicyclic amines) is 1. The van der Waals surface area contributed by atoms with Crippen molar-refractivity contribution in [3.63, 3.8) is 0 Å². The van der Waals surface area contributed by atoms with Gasteiger partial charge in [-0.1, -0.05) is 133 Å². The molecule has 772 valence electrons. The number of nitrogens with one attached hydrogen (secondary N) is 18. The van der Waals surface area contributed by atoms with Crippen molar-refractivity contribution in [2.45, 2.75) is 131 Å². The van der Waals surface area contributed by atoms with E-state index in [1.807, 2.05) is 17.6 Å². The first kappa shape index (κ1) is 109. The van der Waals surface area contributed by atoms with Crippen LogP contribution >= 0.6 is 0 Å². The van der Waals surface area contributed by atoms with Gasteiger partial charge in [-0.05, 0) is 83.7 Å². The number of rotatable bonds is 49. The molecule has 13 amide bonds. The van der Waals surface area contributed by atoms with Crippen LogP contribution in [0, 0.1) is 10.8 Å². The zero-order chi connectivity index (χ0) is 104. The van der Waals surface area contributed by atoms with Gasteiger partial charge in [-0.2, -0.15) is 0 Å². The smallest absolute Gasteiger partial charge is 0.330 e. The second kappa shape index (κ2) is 54.1. The van der Waals surface area contributed by atoms with Gasteiger partial charge in [0.1, 0.15) is 60.4 Å². The summed E-state index contributed by atoms with van der Waals surface area (Å²) in [4.78, 5) is 248. The number of hydrogen-bond acceptors (Lipinski definition) is 25. The molecular formula is C97H124N28O20. The van der Waals surface area contributed by atoms with Crippen LogP contribution in [0.4, 0.5) is 4.79 Å². The summed E-state index contributed by atoms with van der Waals surface area (Å²) in [6.07, 6.45) is 4.17. The van der Waals surface area contributed by atoms with E-state index in [1.54, 1.807) is 165 Å². The maximum atomic E-state index is 15.5. The highest BCUT2D eigenvalue weighted by atomic mass is 16.4. The number of carbonyl (C=O) groups excluding carboxylic acids is 13. The van der Waals surface area contributed by atoms with E-state index in [9.17, 15) is 58.8 Å². The van der Waals surface area contributed by atoms with Gasteiger partial charge in [-0.3, -0.25) is 108 Å². The third kappa shape index (κ3) is 33.1. The number of carboxylic acid groups (broad SMARTS) is 3. The lowest BCUT2D eigenvalue weighted by Gasteiger charge is -2.33. The van der Waals surface area contributed by atoms with E-state index < -0.39 is 207 Å². The topological polar surface area (TPSA) is 739 Å². The van der Waals surface area contributed by atoms with Crippen molar-refractivity contribution in [3.05, 3.63) is 210 Å². The second-order valence-corrected chi connectivity index (χ2v) is 35.3. The van der Waals surface area contributed by atoms with Crippen LogP contribution in [0.3, 0.4) is 0 Å². The Morgan fingerprint density at radius 2 is 0.828 bits per heavy atom. The molecule has 145 heavy (non-hydrogen) atoms. The first-order chi connectivity index (χ1) is 69.6. The predicted octanol–water partition coefficient (Wildman–Crippen LogP) is -3.72. The number of aromatic nitrogens is 4. The average molecular weight is 2000 g/mol. The van der Waals surface area contributed by atoms with Gasteiger partial charge in [-0.15, -0.1) is 0 Å². The summed E-state index contributed by atoms with van der Waals surface area (Å²) in [7, 11) is 0. The van der Waals surface area contributed by atoms with E-state index in [4.69, 9.17) is 33.8 Å². The minimum Gasteiger partial charge on any atom is -0.480 e. The highest BCUT2D eigenvalue weighted by molar-refractivity contribution is 6.09. The molecule has 6 aromatic carbocycles. The Kier molecular flexibility index (Phi) is 40.7. The Morgan fingerprint density at radius 1 is 0.414 bits per heavy atom. The minimum atomic E-state index is -1.97. The zero-order valence-electron chi connectivity index (χ0n) is 79.6. The monoisotopic (exact) mass is 2000 g/mol. The number of H-pyrrole nitrogens is 3. The number of aromatic amines is 3. The van der Waals surface area contributed by atoms with E-state index in [1.165, 1.54) is 17.4 Å². The summed E-state index contributed by atoms with van der Waals surface area (Å²) >= 11 is 0. The zero-order valence-corrected chi connectivity index (χ0v) is 79.6. The normalized spacial score (nSPS) is 15.8. The summed E-state index contributed by atoms with van der Waals surface area (Å²) in [5.41, 5.74) is 31.3. The molecule has 48 heteroatoms. The first-order valence-electron chi connectivity index (χ1n) is 47.3. The molecule has 5 heterocycles. The van der Waals surface area contributed by atoms with Crippen LogP contribution in [-0.4, -0.2) is 343 Å². The Labute approximate surface area is 831 Å². The van der Waals surface area contributed by atoms with Crippen molar-refractivity contribution in [1.82, 2.24) is 114 Å². The number of hydrogen-bond donors (Lipinski definition) is 26. The average Bonchev–Trinajstić information content (AvgIpc) is 1.75. The van der Waals surface area contributed by atoms with Gasteiger partial charge < -0.3 is 122 Å². The maximum Gasteiger partial charge on any atom is 0.330 e. The lowest BCUT2D eigenvalue weighted by Crippen LogP contribution is -2.62. The quantitative estimate of drug-likeness (QED) is 0.00573. The van der Waals surface area contributed by atoms with E-state index in [0.717, 1.165) is 5.39 Å². The van der Waals surface area contributed by atoms with Gasteiger partial charge >= 0.3 is 23.9 Å². The van der Waals surface area contributed by atoms with Gasteiger partial charge in [0, 0.05) is 168 Å². The molecule has 30 N–H and O–H groups in total. The van der Waals surface area contributed by atoms with Crippen LogP contribution in [0.2, 0.25) is 0 Å². The van der Waals surface area contributed by atoms with Gasteiger partial charge in [0.15, 0.2) is 17.7 Å². The lowest BCUT2D eigenvalue weighted by atomic mass is 9.97. The van der Waals surface area contributed by atoms with Crippen molar-refractivity contribution in [1.29, 1.82) is 10.8 Å². The van der Waals surface area contributed by atoms with Gasteiger partial charge in [0.25, 0.3) is 5.91 Å². The van der Waals surface area contributed by atoms with E-state index in [-0.39, 0.29) is 141 Å². The van der Waals surface area contributed by atoms with Gasteiger partial charge in [-0.25, -0.2) is 15.2 Å². The predicted molar refractivity (Wildman–Crippen MR) is 530 cm³/mol. The number of amides is 13. The van der Waals surface area contributed by atoms with Crippen LogP contribution in [0.25, 0.3) is 32.6 Å². The van der Waals surface area contributed by atoms with Crippen LogP contribution < -0.4 is 92.3 Å². The molecule has 0 spiro atoms. The number of aliphatic hydroxyl groups is 1. The van der Waals surface area contributed by atoms with Gasteiger partial charge in [0.05, 0.1) is 39.1 Å². The van der Waals surface area contributed by atoms with Gasteiger partial charge in [0.2, 0.25) is 59.1 Å². The highest BCUT2D eigenvalue weighted by Crippen LogP contribution is 2.26. The number of para-hydroxylation sites is 2. The molecule has 0 saturated carbocycles. The maximum absolute atomic E-state index is 15.5. The molecule has 0 aliphatic carbocycles.